The summed E-state index contributed by atoms with van der Waals surface area (Å²) < 4.78 is 14.2. The summed E-state index contributed by atoms with van der Waals surface area (Å²) in [5, 5.41) is 0.616. The second-order valence-electron chi connectivity index (χ2n) is 4.60. The maximum atomic E-state index is 13.3. The summed E-state index contributed by atoms with van der Waals surface area (Å²) in [6.07, 6.45) is 0. The predicted molar refractivity (Wildman–Crippen MR) is 81.1 cm³/mol. The van der Waals surface area contributed by atoms with Gasteiger partial charge in [-0.2, -0.15) is 0 Å². The lowest BCUT2D eigenvalue weighted by atomic mass is 9.92. The summed E-state index contributed by atoms with van der Waals surface area (Å²) in [5.74, 6) is -0.236. The van der Waals surface area contributed by atoms with Crippen LogP contribution in [0.4, 0.5) is 4.39 Å². The van der Waals surface area contributed by atoms with Crippen molar-refractivity contribution in [1.29, 1.82) is 0 Å². The van der Waals surface area contributed by atoms with Gasteiger partial charge in [0.25, 0.3) is 0 Å². The van der Waals surface area contributed by atoms with E-state index >= 15 is 0 Å². The molecule has 0 aliphatic rings. The van der Waals surface area contributed by atoms with E-state index in [2.05, 4.69) is 15.9 Å². The van der Waals surface area contributed by atoms with Crippen LogP contribution in [-0.2, 0) is 0 Å². The summed E-state index contributed by atoms with van der Waals surface area (Å²) in [4.78, 5) is 0. The van der Waals surface area contributed by atoms with Crippen LogP contribution in [0.5, 0.6) is 0 Å². The molecule has 0 aliphatic carbocycles. The molecule has 0 spiro atoms. The van der Waals surface area contributed by atoms with E-state index < -0.39 is 0 Å². The average molecular weight is 343 g/mol. The fourth-order valence-electron chi connectivity index (χ4n) is 2.28. The van der Waals surface area contributed by atoms with E-state index in [1.54, 1.807) is 0 Å². The number of benzene rings is 2. The average Bonchev–Trinajstić information content (AvgIpc) is 2.31. The lowest BCUT2D eigenvalue weighted by Crippen LogP contribution is -2.15. The van der Waals surface area contributed by atoms with Crippen LogP contribution in [-0.4, -0.2) is 0 Å². The van der Waals surface area contributed by atoms with Crippen LogP contribution in [0.1, 0.15) is 28.3 Å². The maximum Gasteiger partial charge on any atom is 0.123 e. The van der Waals surface area contributed by atoms with Gasteiger partial charge in [0, 0.05) is 4.47 Å². The van der Waals surface area contributed by atoms with Crippen LogP contribution in [0, 0.1) is 19.7 Å². The summed E-state index contributed by atoms with van der Waals surface area (Å²) >= 11 is 9.44. The molecule has 2 aromatic rings. The van der Waals surface area contributed by atoms with Crippen molar-refractivity contribution in [2.75, 3.05) is 0 Å². The highest BCUT2D eigenvalue weighted by atomic mass is 79.9. The maximum absolute atomic E-state index is 13.3. The zero-order chi connectivity index (χ0) is 14.2. The first-order chi connectivity index (χ1) is 8.90. The molecule has 1 unspecified atom stereocenters. The predicted octanol–water partition coefficient (Wildman–Crippen LogP) is 4.91. The molecule has 19 heavy (non-hydrogen) atoms. The monoisotopic (exact) mass is 341 g/mol. The molecule has 2 aromatic carbocycles. The van der Waals surface area contributed by atoms with Gasteiger partial charge < -0.3 is 5.73 Å². The SMILES string of the molecule is Cc1cc(F)cc(C)c1C(N)c1ccc(Br)c(Cl)c1. The van der Waals surface area contributed by atoms with Gasteiger partial charge in [-0.3, -0.25) is 0 Å². The fourth-order valence-corrected chi connectivity index (χ4v) is 2.72. The number of rotatable bonds is 2. The van der Waals surface area contributed by atoms with Crippen molar-refractivity contribution in [2.45, 2.75) is 19.9 Å². The van der Waals surface area contributed by atoms with E-state index in [1.165, 1.54) is 12.1 Å². The summed E-state index contributed by atoms with van der Waals surface area (Å²) in [7, 11) is 0. The van der Waals surface area contributed by atoms with Crippen molar-refractivity contribution in [2.24, 2.45) is 5.73 Å². The van der Waals surface area contributed by atoms with E-state index in [0.29, 0.717) is 5.02 Å². The largest absolute Gasteiger partial charge is 0.320 e. The third kappa shape index (κ3) is 2.99. The molecule has 0 radical (unpaired) electrons. The molecule has 2 rings (SSSR count). The van der Waals surface area contributed by atoms with E-state index in [9.17, 15) is 4.39 Å². The first-order valence-corrected chi connectivity index (χ1v) is 7.04. The first-order valence-electron chi connectivity index (χ1n) is 5.87. The molecule has 0 fully saturated rings. The van der Waals surface area contributed by atoms with Gasteiger partial charge >= 0.3 is 0 Å². The van der Waals surface area contributed by atoms with Crippen LogP contribution >= 0.6 is 27.5 Å². The summed E-state index contributed by atoms with van der Waals surface area (Å²) in [5.41, 5.74) is 9.85. The quantitative estimate of drug-likeness (QED) is 0.825. The Morgan fingerprint density at radius 1 is 1.16 bits per heavy atom. The van der Waals surface area contributed by atoms with Crippen molar-refractivity contribution in [1.82, 2.24) is 0 Å². The van der Waals surface area contributed by atoms with E-state index in [4.69, 9.17) is 17.3 Å². The minimum Gasteiger partial charge on any atom is -0.320 e. The van der Waals surface area contributed by atoms with Gasteiger partial charge in [0.15, 0.2) is 0 Å². The van der Waals surface area contributed by atoms with Crippen molar-refractivity contribution in [3.8, 4) is 0 Å². The highest BCUT2D eigenvalue weighted by Crippen LogP contribution is 2.30. The number of halogens is 3. The molecule has 0 aliphatic heterocycles. The van der Waals surface area contributed by atoms with E-state index in [0.717, 1.165) is 26.7 Å². The molecule has 0 heterocycles. The van der Waals surface area contributed by atoms with Crippen LogP contribution < -0.4 is 5.73 Å². The molecule has 1 nitrogen and oxygen atoms in total. The van der Waals surface area contributed by atoms with Crippen LogP contribution in [0.2, 0.25) is 5.02 Å². The zero-order valence-electron chi connectivity index (χ0n) is 10.7. The van der Waals surface area contributed by atoms with E-state index in [-0.39, 0.29) is 11.9 Å². The van der Waals surface area contributed by atoms with Crippen molar-refractivity contribution < 1.29 is 4.39 Å². The molecule has 0 saturated heterocycles. The lowest BCUT2D eigenvalue weighted by molar-refractivity contribution is 0.623. The molecular weight excluding hydrogens is 329 g/mol. The fraction of sp³-hybridized carbons (Fsp3) is 0.200. The number of hydrogen-bond donors (Lipinski definition) is 1. The molecular formula is C15H14BrClFN. The van der Waals surface area contributed by atoms with Crippen LogP contribution in [0.3, 0.4) is 0 Å². The number of hydrogen-bond acceptors (Lipinski definition) is 1. The lowest BCUT2D eigenvalue weighted by Gasteiger charge is -2.18. The molecule has 0 amide bonds. The Kier molecular flexibility index (Phi) is 4.29. The van der Waals surface area contributed by atoms with Gasteiger partial charge in [-0.05, 0) is 76.3 Å². The normalized spacial score (nSPS) is 12.5. The Labute approximate surface area is 125 Å². The molecule has 100 valence electrons. The van der Waals surface area contributed by atoms with Crippen molar-refractivity contribution in [3.05, 3.63) is 67.9 Å². The van der Waals surface area contributed by atoms with Crippen molar-refractivity contribution >= 4 is 27.5 Å². The molecule has 0 aromatic heterocycles. The Hall–Kier alpha value is -0.900. The number of aryl methyl sites for hydroxylation is 2. The molecule has 0 saturated carbocycles. The number of nitrogens with two attached hydrogens (primary N) is 1. The zero-order valence-corrected chi connectivity index (χ0v) is 13.0. The Balaban J connectivity index is 2.49. The Bertz CT molecular complexity index is 605. The minimum absolute atomic E-state index is 0.236. The van der Waals surface area contributed by atoms with Crippen LogP contribution in [0.25, 0.3) is 0 Å². The van der Waals surface area contributed by atoms with Crippen LogP contribution in [0.15, 0.2) is 34.8 Å². The molecule has 4 heteroatoms. The van der Waals surface area contributed by atoms with Gasteiger partial charge in [0.05, 0.1) is 11.1 Å². The van der Waals surface area contributed by atoms with Gasteiger partial charge in [0.2, 0.25) is 0 Å². The Morgan fingerprint density at radius 3 is 2.26 bits per heavy atom. The Morgan fingerprint density at radius 2 is 1.74 bits per heavy atom. The highest BCUT2D eigenvalue weighted by molar-refractivity contribution is 9.10. The van der Waals surface area contributed by atoms with Gasteiger partial charge in [-0.25, -0.2) is 4.39 Å². The van der Waals surface area contributed by atoms with Gasteiger partial charge in [-0.1, -0.05) is 17.7 Å². The van der Waals surface area contributed by atoms with Gasteiger partial charge in [-0.15, -0.1) is 0 Å². The van der Waals surface area contributed by atoms with E-state index in [1.807, 2.05) is 32.0 Å². The topological polar surface area (TPSA) is 26.0 Å². The summed E-state index contributed by atoms with van der Waals surface area (Å²) in [6.45, 7) is 3.73. The first kappa shape index (κ1) is 14.5. The smallest absolute Gasteiger partial charge is 0.123 e. The highest BCUT2D eigenvalue weighted by Gasteiger charge is 2.16. The molecule has 1 atom stereocenters. The standard InChI is InChI=1S/C15H14BrClFN/c1-8-5-11(18)6-9(2)14(8)15(19)10-3-4-12(16)13(17)7-10/h3-7,15H,19H2,1-2H3. The minimum atomic E-state index is -0.314. The van der Waals surface area contributed by atoms with Gasteiger partial charge in [0.1, 0.15) is 5.82 Å². The third-order valence-corrected chi connectivity index (χ3v) is 4.40. The summed E-state index contributed by atoms with van der Waals surface area (Å²) in [6, 6.07) is 8.31. The second-order valence-corrected chi connectivity index (χ2v) is 5.87. The molecule has 2 N–H and O–H groups in total. The second kappa shape index (κ2) is 5.61. The third-order valence-electron chi connectivity index (χ3n) is 3.17. The van der Waals surface area contributed by atoms with Crippen molar-refractivity contribution in [3.63, 3.8) is 0 Å². The molecule has 0 bridgehead atoms.